The topological polar surface area (TPSA) is 21.8 Å². The molecule has 3 fully saturated rings. The van der Waals surface area contributed by atoms with Crippen molar-refractivity contribution < 1.29 is 0 Å². The monoisotopic (exact) mass is 442 g/mol. The van der Waals surface area contributed by atoms with Gasteiger partial charge in [0.2, 0.25) is 0 Å². The molecule has 0 saturated carbocycles. The van der Waals surface area contributed by atoms with E-state index in [1.54, 1.807) is 0 Å². The first kappa shape index (κ1) is 20.6. The van der Waals surface area contributed by atoms with Crippen LogP contribution in [0.4, 0.5) is 5.69 Å². The Morgan fingerprint density at radius 1 is 0.900 bits per heavy atom. The number of hydrogen-bond acceptors (Lipinski definition) is 3. The molecule has 1 atom stereocenters. The molecule has 3 aliphatic heterocycles. The third-order valence-electron chi connectivity index (χ3n) is 6.93. The van der Waals surface area contributed by atoms with Crippen LogP contribution >= 0.6 is 6.34 Å². The van der Waals surface area contributed by atoms with Gasteiger partial charge >= 0.3 is 0 Å². The third-order valence-corrected chi connectivity index (χ3v) is 11.8. The van der Waals surface area contributed by atoms with Gasteiger partial charge in [-0.05, 0) is 56.1 Å². The highest BCUT2D eigenvalue weighted by Crippen LogP contribution is 2.69. The predicted octanol–water partition coefficient (Wildman–Crippen LogP) is 5.82. The van der Waals surface area contributed by atoms with Crippen molar-refractivity contribution in [3.8, 4) is 0 Å². The number of nitrogens with one attached hydrogen (secondary N) is 1. The average Bonchev–Trinajstić information content (AvgIpc) is 3.07. The first-order valence-corrected chi connectivity index (χ1v) is 14.4. The first-order chi connectivity index (χ1) is 14.5. The summed E-state index contributed by atoms with van der Waals surface area (Å²) >= 11 is 6.78. The van der Waals surface area contributed by atoms with E-state index < -0.39 is 6.34 Å². The number of hydrazine groups is 1. The lowest BCUT2D eigenvalue weighted by molar-refractivity contribution is 0.254. The molecule has 0 radical (unpaired) electrons. The van der Waals surface area contributed by atoms with Crippen LogP contribution in [0.1, 0.15) is 58.8 Å². The molecule has 4 aliphatic rings. The minimum atomic E-state index is -2.13. The molecular formula is C24H35N4PS. The third kappa shape index (κ3) is 3.53. The number of piperidine rings is 2. The number of para-hydroxylation sites is 1. The van der Waals surface area contributed by atoms with Crippen molar-refractivity contribution in [3.63, 3.8) is 0 Å². The van der Waals surface area contributed by atoms with Crippen molar-refractivity contribution >= 4 is 23.8 Å². The second kappa shape index (κ2) is 8.00. The van der Waals surface area contributed by atoms with Gasteiger partial charge < -0.3 is 4.90 Å². The molecule has 1 N–H and O–H groups in total. The van der Waals surface area contributed by atoms with E-state index in [2.05, 4.69) is 70.0 Å². The standard InChI is InChI=1S/C24H35N4PS/c1-24(2)18-21-23(22(19-24)26-14-8-4-9-15-26)29(30,27-16-10-5-11-17-27)28(25-21)20-12-6-3-7-13-20/h3,6-7,12-13,18,25H,4-5,8-11,14-17,19H2,1-2H3/t29-/m1/s1. The Balaban J connectivity index is 1.68. The van der Waals surface area contributed by atoms with Gasteiger partial charge in [-0.1, -0.05) is 56.4 Å². The Morgan fingerprint density at radius 3 is 2.20 bits per heavy atom. The highest BCUT2D eigenvalue weighted by Gasteiger charge is 2.49. The minimum absolute atomic E-state index is 0.146. The van der Waals surface area contributed by atoms with Gasteiger partial charge in [-0.3, -0.25) is 10.1 Å². The molecule has 0 spiro atoms. The lowest BCUT2D eigenvalue weighted by atomic mass is 9.82. The van der Waals surface area contributed by atoms with Crippen LogP contribution in [0.2, 0.25) is 0 Å². The average molecular weight is 443 g/mol. The van der Waals surface area contributed by atoms with E-state index >= 15 is 0 Å². The maximum absolute atomic E-state index is 6.78. The van der Waals surface area contributed by atoms with Crippen molar-refractivity contribution in [2.24, 2.45) is 5.41 Å². The SMILES string of the molecule is CC1(C)C=C2NN(c3ccccc3)[P@](=S)(N3CCCCC3)C2=C(N2CCCCC2)C1. The van der Waals surface area contributed by atoms with Crippen molar-refractivity contribution in [2.45, 2.75) is 58.8 Å². The predicted molar refractivity (Wildman–Crippen MR) is 131 cm³/mol. The first-order valence-electron chi connectivity index (χ1n) is 11.7. The van der Waals surface area contributed by atoms with E-state index in [4.69, 9.17) is 11.8 Å². The van der Waals surface area contributed by atoms with E-state index in [9.17, 15) is 0 Å². The Bertz CT molecular complexity index is 895. The van der Waals surface area contributed by atoms with E-state index in [-0.39, 0.29) is 5.41 Å². The summed E-state index contributed by atoms with van der Waals surface area (Å²) < 4.78 is 5.06. The number of anilines is 1. The fraction of sp³-hybridized carbons (Fsp3) is 0.583. The molecule has 0 bridgehead atoms. The van der Waals surface area contributed by atoms with Gasteiger partial charge in [0, 0.05) is 31.9 Å². The molecule has 5 rings (SSSR count). The molecule has 6 heteroatoms. The molecular weight excluding hydrogens is 407 g/mol. The van der Waals surface area contributed by atoms with Gasteiger partial charge in [-0.25, -0.2) is 4.78 Å². The van der Waals surface area contributed by atoms with E-state index in [1.807, 2.05) is 0 Å². The van der Waals surface area contributed by atoms with Gasteiger partial charge in [0.1, 0.15) is 0 Å². The molecule has 3 heterocycles. The van der Waals surface area contributed by atoms with Crippen LogP contribution in [-0.2, 0) is 11.8 Å². The van der Waals surface area contributed by atoms with E-state index in [0.29, 0.717) is 0 Å². The maximum Gasteiger partial charge on any atom is 0.152 e. The lowest BCUT2D eigenvalue weighted by Gasteiger charge is -2.43. The summed E-state index contributed by atoms with van der Waals surface area (Å²) in [4.78, 5) is 2.69. The molecule has 30 heavy (non-hydrogen) atoms. The molecule has 1 aromatic carbocycles. The molecule has 3 saturated heterocycles. The van der Waals surface area contributed by atoms with Crippen LogP contribution < -0.4 is 10.2 Å². The quantitative estimate of drug-likeness (QED) is 0.594. The van der Waals surface area contributed by atoms with E-state index in [1.165, 1.54) is 74.0 Å². The second-order valence-corrected chi connectivity index (χ2v) is 13.9. The van der Waals surface area contributed by atoms with Gasteiger partial charge in [0.25, 0.3) is 0 Å². The van der Waals surface area contributed by atoms with Crippen LogP contribution in [0.3, 0.4) is 0 Å². The fourth-order valence-electron chi connectivity index (χ4n) is 5.50. The zero-order valence-electron chi connectivity index (χ0n) is 18.4. The summed E-state index contributed by atoms with van der Waals surface area (Å²) in [5.41, 5.74) is 8.00. The number of rotatable bonds is 3. The Kier molecular flexibility index (Phi) is 5.49. The van der Waals surface area contributed by atoms with Crippen LogP contribution in [0.15, 0.2) is 53.1 Å². The van der Waals surface area contributed by atoms with Crippen LogP contribution in [0, 0.1) is 5.41 Å². The molecule has 4 nitrogen and oxygen atoms in total. The van der Waals surface area contributed by atoms with Gasteiger partial charge in [-0.15, -0.1) is 0 Å². The van der Waals surface area contributed by atoms with Crippen LogP contribution in [0.5, 0.6) is 0 Å². The molecule has 0 amide bonds. The Labute approximate surface area is 187 Å². The minimum Gasteiger partial charge on any atom is -0.374 e. The van der Waals surface area contributed by atoms with Gasteiger partial charge in [0.15, 0.2) is 6.34 Å². The molecule has 1 aromatic rings. The number of hydrogen-bond donors (Lipinski definition) is 1. The number of benzene rings is 1. The number of nitrogens with zero attached hydrogens (tertiary/aromatic N) is 3. The van der Waals surface area contributed by atoms with Gasteiger partial charge in [-0.2, -0.15) is 0 Å². The van der Waals surface area contributed by atoms with Crippen LogP contribution in [-0.4, -0.2) is 35.7 Å². The molecule has 162 valence electrons. The summed E-state index contributed by atoms with van der Waals surface area (Å²) in [6.45, 7) is 9.35. The lowest BCUT2D eigenvalue weighted by Crippen LogP contribution is -2.36. The molecule has 0 unspecified atom stereocenters. The number of fused-ring (bicyclic) bond motifs is 1. The molecule has 1 aliphatic carbocycles. The maximum atomic E-state index is 6.78. The summed E-state index contributed by atoms with van der Waals surface area (Å²) in [6.07, 6.45) is 9.26. The van der Waals surface area contributed by atoms with Crippen molar-refractivity contribution in [2.75, 3.05) is 31.0 Å². The van der Waals surface area contributed by atoms with Crippen molar-refractivity contribution in [3.05, 3.63) is 53.1 Å². The zero-order chi connectivity index (χ0) is 20.8. The number of allylic oxidation sites excluding steroid dienone is 3. The smallest absolute Gasteiger partial charge is 0.152 e. The summed E-state index contributed by atoms with van der Waals surface area (Å²) in [5.74, 6) is 0. The van der Waals surface area contributed by atoms with E-state index in [0.717, 1.165) is 19.5 Å². The highest BCUT2D eigenvalue weighted by molar-refractivity contribution is 8.16. The summed E-state index contributed by atoms with van der Waals surface area (Å²) in [7, 11) is 0. The molecule has 0 aromatic heterocycles. The highest BCUT2D eigenvalue weighted by atomic mass is 32.4. The normalized spacial score (nSPS) is 29.5. The van der Waals surface area contributed by atoms with Crippen molar-refractivity contribution in [1.82, 2.24) is 15.0 Å². The zero-order valence-corrected chi connectivity index (χ0v) is 20.2. The number of likely N-dealkylation sites (tertiary alicyclic amines) is 1. The Morgan fingerprint density at radius 2 is 1.53 bits per heavy atom. The second-order valence-electron chi connectivity index (χ2n) is 9.88. The fourth-order valence-corrected chi connectivity index (χ4v) is 10.2. The largest absolute Gasteiger partial charge is 0.374 e. The van der Waals surface area contributed by atoms with Crippen molar-refractivity contribution in [1.29, 1.82) is 0 Å². The van der Waals surface area contributed by atoms with Crippen LogP contribution in [0.25, 0.3) is 0 Å². The summed E-state index contributed by atoms with van der Waals surface area (Å²) in [5, 5.41) is 1.46. The summed E-state index contributed by atoms with van der Waals surface area (Å²) in [6, 6.07) is 10.8. The van der Waals surface area contributed by atoms with Gasteiger partial charge in [0.05, 0.1) is 16.7 Å². The Hall–Kier alpha value is -1.29.